The van der Waals surface area contributed by atoms with Crippen LogP contribution in [0.3, 0.4) is 0 Å². The van der Waals surface area contributed by atoms with Crippen molar-refractivity contribution in [2.24, 2.45) is 0 Å². The van der Waals surface area contributed by atoms with Crippen molar-refractivity contribution >= 4 is 17.7 Å². The molecule has 0 unspecified atom stereocenters. The van der Waals surface area contributed by atoms with E-state index in [1.165, 1.54) is 11.8 Å². The second-order valence-corrected chi connectivity index (χ2v) is 4.30. The van der Waals surface area contributed by atoms with Crippen LogP contribution in [-0.4, -0.2) is 21.3 Å². The number of carbonyl (C=O) groups is 1. The molecule has 17 heavy (non-hydrogen) atoms. The second kappa shape index (κ2) is 5.01. The van der Waals surface area contributed by atoms with Crippen molar-refractivity contribution < 1.29 is 14.3 Å². The van der Waals surface area contributed by atoms with Crippen LogP contribution in [0.5, 0.6) is 0 Å². The maximum absolute atomic E-state index is 10.7. The van der Waals surface area contributed by atoms with Gasteiger partial charge < -0.3 is 9.52 Å². The van der Waals surface area contributed by atoms with E-state index < -0.39 is 5.97 Å². The van der Waals surface area contributed by atoms with Gasteiger partial charge in [0.15, 0.2) is 0 Å². The molecule has 5 nitrogen and oxygen atoms in total. The van der Waals surface area contributed by atoms with Gasteiger partial charge in [-0.3, -0.25) is 0 Å². The van der Waals surface area contributed by atoms with E-state index in [4.69, 9.17) is 9.52 Å². The van der Waals surface area contributed by atoms with Crippen molar-refractivity contribution in [3.05, 3.63) is 41.3 Å². The number of carboxylic acid groups (broad SMARTS) is 1. The molecule has 0 radical (unpaired) electrons. The summed E-state index contributed by atoms with van der Waals surface area (Å²) in [5, 5.41) is 16.8. The summed E-state index contributed by atoms with van der Waals surface area (Å²) in [5.74, 6) is 0.284. The smallest absolute Gasteiger partial charge is 0.335 e. The molecule has 2 aromatic rings. The SMILES string of the molecule is Cc1nnc(SCc2ccc(C(=O)O)cc2)o1. The van der Waals surface area contributed by atoms with E-state index in [2.05, 4.69) is 10.2 Å². The molecule has 0 aliphatic carbocycles. The second-order valence-electron chi connectivity index (χ2n) is 3.38. The highest BCUT2D eigenvalue weighted by Gasteiger charge is 2.05. The highest BCUT2D eigenvalue weighted by atomic mass is 32.2. The molecule has 2 rings (SSSR count). The molecule has 0 saturated heterocycles. The minimum absolute atomic E-state index is 0.285. The van der Waals surface area contributed by atoms with Crippen LogP contribution < -0.4 is 0 Å². The van der Waals surface area contributed by atoms with E-state index in [9.17, 15) is 4.79 Å². The van der Waals surface area contributed by atoms with Crippen molar-refractivity contribution in [2.45, 2.75) is 17.9 Å². The first-order valence-corrected chi connectivity index (χ1v) is 5.89. The van der Waals surface area contributed by atoms with Crippen LogP contribution in [-0.2, 0) is 5.75 Å². The van der Waals surface area contributed by atoms with E-state index >= 15 is 0 Å². The number of thioether (sulfide) groups is 1. The standard InChI is InChI=1S/C11H10N2O3S/c1-7-12-13-11(16-7)17-6-8-2-4-9(5-3-8)10(14)15/h2-5H,6H2,1H3,(H,14,15). The van der Waals surface area contributed by atoms with E-state index in [-0.39, 0.29) is 5.56 Å². The fourth-order valence-electron chi connectivity index (χ4n) is 1.23. The molecule has 1 aromatic carbocycles. The van der Waals surface area contributed by atoms with Crippen LogP contribution in [0, 0.1) is 6.92 Å². The summed E-state index contributed by atoms with van der Waals surface area (Å²) >= 11 is 1.42. The zero-order valence-electron chi connectivity index (χ0n) is 9.08. The fraction of sp³-hybridized carbons (Fsp3) is 0.182. The summed E-state index contributed by atoms with van der Waals surface area (Å²) in [5.41, 5.74) is 1.29. The van der Waals surface area contributed by atoms with Crippen molar-refractivity contribution in [3.63, 3.8) is 0 Å². The number of benzene rings is 1. The Bertz CT molecular complexity index is 522. The van der Waals surface area contributed by atoms with Crippen LogP contribution in [0.15, 0.2) is 33.9 Å². The summed E-state index contributed by atoms with van der Waals surface area (Å²) in [4.78, 5) is 10.7. The number of aryl methyl sites for hydroxylation is 1. The average Bonchev–Trinajstić information content (AvgIpc) is 2.73. The molecule has 0 saturated carbocycles. The Morgan fingerprint density at radius 3 is 2.59 bits per heavy atom. The third-order valence-corrected chi connectivity index (χ3v) is 2.96. The first kappa shape index (κ1) is 11.7. The van der Waals surface area contributed by atoms with Gasteiger partial charge in [0, 0.05) is 12.7 Å². The minimum atomic E-state index is -0.920. The summed E-state index contributed by atoms with van der Waals surface area (Å²) < 4.78 is 5.21. The highest BCUT2D eigenvalue weighted by Crippen LogP contribution is 2.21. The fourth-order valence-corrected chi connectivity index (χ4v) is 1.99. The van der Waals surface area contributed by atoms with E-state index in [1.807, 2.05) is 0 Å². The van der Waals surface area contributed by atoms with Crippen LogP contribution in [0.4, 0.5) is 0 Å². The van der Waals surface area contributed by atoms with Gasteiger partial charge in [-0.15, -0.1) is 10.2 Å². The lowest BCUT2D eigenvalue weighted by Gasteiger charge is -1.99. The minimum Gasteiger partial charge on any atom is -0.478 e. The zero-order chi connectivity index (χ0) is 12.3. The van der Waals surface area contributed by atoms with Crippen molar-refractivity contribution in [1.82, 2.24) is 10.2 Å². The Kier molecular flexibility index (Phi) is 3.43. The molecular weight excluding hydrogens is 240 g/mol. The number of rotatable bonds is 4. The van der Waals surface area contributed by atoms with Crippen molar-refractivity contribution in [1.29, 1.82) is 0 Å². The largest absolute Gasteiger partial charge is 0.478 e. The molecule has 0 atom stereocenters. The number of nitrogens with zero attached hydrogens (tertiary/aromatic N) is 2. The number of aromatic carboxylic acids is 1. The molecule has 0 aliphatic rings. The summed E-state index contributed by atoms with van der Waals surface area (Å²) in [7, 11) is 0. The Morgan fingerprint density at radius 2 is 2.06 bits per heavy atom. The van der Waals surface area contributed by atoms with Gasteiger partial charge in [-0.25, -0.2) is 4.79 Å². The Labute approximate surface area is 102 Å². The normalized spacial score (nSPS) is 10.4. The molecule has 1 N–H and O–H groups in total. The molecule has 0 bridgehead atoms. The first-order chi connectivity index (χ1) is 8.15. The molecule has 0 spiro atoms. The van der Waals surface area contributed by atoms with Gasteiger partial charge >= 0.3 is 5.97 Å². The quantitative estimate of drug-likeness (QED) is 0.839. The number of carboxylic acids is 1. The third-order valence-electron chi connectivity index (χ3n) is 2.07. The number of hydrogen-bond acceptors (Lipinski definition) is 5. The maximum Gasteiger partial charge on any atom is 0.335 e. The lowest BCUT2D eigenvalue weighted by molar-refractivity contribution is 0.0697. The summed E-state index contributed by atoms with van der Waals surface area (Å²) in [6.45, 7) is 1.73. The van der Waals surface area contributed by atoms with E-state index in [0.717, 1.165) is 5.56 Å². The van der Waals surface area contributed by atoms with Crippen LogP contribution in [0.2, 0.25) is 0 Å². The molecule has 0 fully saturated rings. The summed E-state index contributed by atoms with van der Waals surface area (Å²) in [6, 6.07) is 6.72. The van der Waals surface area contributed by atoms with Crippen LogP contribution >= 0.6 is 11.8 Å². The van der Waals surface area contributed by atoms with Gasteiger partial charge in [0.2, 0.25) is 5.89 Å². The average molecular weight is 250 g/mol. The zero-order valence-corrected chi connectivity index (χ0v) is 9.90. The lowest BCUT2D eigenvalue weighted by Crippen LogP contribution is -1.95. The molecule has 6 heteroatoms. The topological polar surface area (TPSA) is 76.2 Å². The van der Waals surface area contributed by atoms with Gasteiger partial charge in [-0.2, -0.15) is 0 Å². The molecular formula is C11H10N2O3S. The number of hydrogen-bond donors (Lipinski definition) is 1. The third kappa shape index (κ3) is 3.07. The lowest BCUT2D eigenvalue weighted by atomic mass is 10.1. The summed E-state index contributed by atoms with van der Waals surface area (Å²) in [6.07, 6.45) is 0. The van der Waals surface area contributed by atoms with Gasteiger partial charge in [0.05, 0.1) is 5.56 Å². The van der Waals surface area contributed by atoms with Gasteiger partial charge in [-0.05, 0) is 17.7 Å². The van der Waals surface area contributed by atoms with Gasteiger partial charge in [-0.1, -0.05) is 23.9 Å². The predicted octanol–water partition coefficient (Wildman–Crippen LogP) is 2.37. The Balaban J connectivity index is 1.97. The molecule has 1 heterocycles. The number of aromatic nitrogens is 2. The highest BCUT2D eigenvalue weighted by molar-refractivity contribution is 7.98. The van der Waals surface area contributed by atoms with E-state index in [1.54, 1.807) is 31.2 Å². The Hall–Kier alpha value is -1.82. The first-order valence-electron chi connectivity index (χ1n) is 4.90. The maximum atomic E-state index is 10.7. The van der Waals surface area contributed by atoms with Crippen LogP contribution in [0.1, 0.15) is 21.8 Å². The molecule has 88 valence electrons. The van der Waals surface area contributed by atoms with E-state index in [0.29, 0.717) is 16.9 Å². The van der Waals surface area contributed by atoms with Gasteiger partial charge in [0.1, 0.15) is 0 Å². The van der Waals surface area contributed by atoms with Gasteiger partial charge in [0.25, 0.3) is 5.22 Å². The molecule has 1 aromatic heterocycles. The van der Waals surface area contributed by atoms with Crippen molar-refractivity contribution in [3.8, 4) is 0 Å². The van der Waals surface area contributed by atoms with Crippen molar-refractivity contribution in [2.75, 3.05) is 0 Å². The monoisotopic (exact) mass is 250 g/mol. The molecule has 0 amide bonds. The predicted molar refractivity (Wildman–Crippen MR) is 62.0 cm³/mol. The van der Waals surface area contributed by atoms with Crippen LogP contribution in [0.25, 0.3) is 0 Å². The molecule has 0 aliphatic heterocycles. The Morgan fingerprint density at radius 1 is 1.35 bits per heavy atom.